The Morgan fingerprint density at radius 2 is 2.12 bits per heavy atom. The molecule has 0 bridgehead atoms. The number of halogens is 1. The summed E-state index contributed by atoms with van der Waals surface area (Å²) in [6.45, 7) is 2.21. The molecule has 0 saturated carbocycles. The van der Waals surface area contributed by atoms with Crippen LogP contribution in [0.5, 0.6) is 11.5 Å². The van der Waals surface area contributed by atoms with Crippen molar-refractivity contribution in [1.82, 2.24) is 5.32 Å². The van der Waals surface area contributed by atoms with Crippen molar-refractivity contribution in [3.8, 4) is 11.5 Å². The van der Waals surface area contributed by atoms with Crippen LogP contribution in [0.25, 0.3) is 0 Å². The number of carbonyl (C=O) groups excluding carboxylic acids is 1. The number of benzene rings is 1. The molecule has 0 radical (unpaired) electrons. The van der Waals surface area contributed by atoms with E-state index in [1.54, 1.807) is 25.2 Å². The molecule has 1 aliphatic rings. The summed E-state index contributed by atoms with van der Waals surface area (Å²) in [5.41, 5.74) is 0.658. The largest absolute Gasteiger partial charge is 0.454 e. The van der Waals surface area contributed by atoms with Gasteiger partial charge in [0.15, 0.2) is 17.3 Å². The summed E-state index contributed by atoms with van der Waals surface area (Å²) in [6.07, 6.45) is 0.768. The lowest BCUT2D eigenvalue weighted by atomic mass is 10.0. The molecule has 1 N–H and O–H groups in total. The molecule has 0 amide bonds. The number of hydrogen-bond donors (Lipinski definition) is 1. The predicted molar refractivity (Wildman–Crippen MR) is 67.3 cm³/mol. The van der Waals surface area contributed by atoms with Crippen LogP contribution in [0.1, 0.15) is 23.7 Å². The first-order valence-electron chi connectivity index (χ1n) is 5.37. The highest BCUT2D eigenvalue weighted by atomic mass is 35.5. The molecule has 0 spiro atoms. The zero-order chi connectivity index (χ0) is 11.5. The summed E-state index contributed by atoms with van der Waals surface area (Å²) in [6, 6.07) is 5.15. The quantitative estimate of drug-likeness (QED) is 0.839. The summed E-state index contributed by atoms with van der Waals surface area (Å²) < 4.78 is 10.4. The molecule has 0 saturated heterocycles. The second-order valence-electron chi connectivity index (χ2n) is 3.68. The van der Waals surface area contributed by atoms with Crippen molar-refractivity contribution in [3.05, 3.63) is 23.8 Å². The van der Waals surface area contributed by atoms with Crippen LogP contribution in [0.15, 0.2) is 18.2 Å². The highest BCUT2D eigenvalue weighted by molar-refractivity contribution is 6.00. The molecule has 0 aromatic heterocycles. The second-order valence-corrected chi connectivity index (χ2v) is 3.68. The first-order valence-corrected chi connectivity index (χ1v) is 5.37. The number of hydrogen-bond acceptors (Lipinski definition) is 4. The average Bonchev–Trinajstić information content (AvgIpc) is 2.77. The van der Waals surface area contributed by atoms with Crippen LogP contribution in [-0.2, 0) is 0 Å². The van der Waals surface area contributed by atoms with Gasteiger partial charge in [0.05, 0.1) is 6.04 Å². The molecule has 1 unspecified atom stereocenters. The molecule has 1 aromatic carbocycles. The maximum absolute atomic E-state index is 12.0. The summed E-state index contributed by atoms with van der Waals surface area (Å²) >= 11 is 0. The van der Waals surface area contributed by atoms with Crippen LogP contribution in [0.2, 0.25) is 0 Å². The van der Waals surface area contributed by atoms with E-state index >= 15 is 0 Å². The number of carbonyl (C=O) groups is 1. The van der Waals surface area contributed by atoms with Crippen LogP contribution in [0.4, 0.5) is 0 Å². The SMILES string of the molecule is CCC(NC)C(=O)c1ccc2c(c1)OCO2.Cl. The molecule has 94 valence electrons. The molecule has 4 nitrogen and oxygen atoms in total. The Kier molecular flexibility index (Phi) is 4.78. The molecule has 1 aromatic rings. The molecule has 1 atom stereocenters. The Morgan fingerprint density at radius 1 is 1.41 bits per heavy atom. The smallest absolute Gasteiger partial charge is 0.231 e. The van der Waals surface area contributed by atoms with E-state index in [0.29, 0.717) is 17.1 Å². The van der Waals surface area contributed by atoms with Crippen LogP contribution in [0.3, 0.4) is 0 Å². The van der Waals surface area contributed by atoms with E-state index in [0.717, 1.165) is 6.42 Å². The molecule has 17 heavy (non-hydrogen) atoms. The minimum atomic E-state index is -0.139. The van der Waals surface area contributed by atoms with Crippen molar-refractivity contribution < 1.29 is 14.3 Å². The van der Waals surface area contributed by atoms with E-state index in [1.807, 2.05) is 6.92 Å². The first-order chi connectivity index (χ1) is 7.76. The normalized spacial score (nSPS) is 14.0. The number of fused-ring (bicyclic) bond motifs is 1. The fourth-order valence-electron chi connectivity index (χ4n) is 1.77. The Balaban J connectivity index is 0.00000144. The Hall–Kier alpha value is -1.26. The Bertz CT molecular complexity index is 405. The summed E-state index contributed by atoms with van der Waals surface area (Å²) in [5, 5.41) is 3.00. The van der Waals surface area contributed by atoms with Gasteiger partial charge in [0.2, 0.25) is 6.79 Å². The minimum Gasteiger partial charge on any atom is -0.454 e. The van der Waals surface area contributed by atoms with Crippen molar-refractivity contribution >= 4 is 18.2 Å². The van der Waals surface area contributed by atoms with Gasteiger partial charge in [0.25, 0.3) is 0 Å². The summed E-state index contributed by atoms with van der Waals surface area (Å²) in [7, 11) is 1.79. The molecule has 1 aliphatic heterocycles. The van der Waals surface area contributed by atoms with E-state index in [2.05, 4.69) is 5.32 Å². The zero-order valence-electron chi connectivity index (χ0n) is 9.86. The lowest BCUT2D eigenvalue weighted by Gasteiger charge is -2.12. The van der Waals surface area contributed by atoms with Crippen LogP contribution >= 0.6 is 12.4 Å². The fourth-order valence-corrected chi connectivity index (χ4v) is 1.77. The van der Waals surface area contributed by atoms with E-state index in [1.165, 1.54) is 0 Å². The number of likely N-dealkylation sites (N-methyl/N-ethyl adjacent to an activating group) is 1. The third-order valence-electron chi connectivity index (χ3n) is 2.73. The summed E-state index contributed by atoms with van der Waals surface area (Å²) in [5.74, 6) is 1.44. The molecule has 5 heteroatoms. The zero-order valence-corrected chi connectivity index (χ0v) is 10.7. The Labute approximate surface area is 107 Å². The van der Waals surface area contributed by atoms with Gasteiger partial charge in [0.1, 0.15) is 0 Å². The highest BCUT2D eigenvalue weighted by Gasteiger charge is 2.20. The number of Topliss-reactive ketones (excluding diaryl/α,β-unsaturated/α-hetero) is 1. The van der Waals surface area contributed by atoms with Gasteiger partial charge in [-0.05, 0) is 31.7 Å². The van der Waals surface area contributed by atoms with Gasteiger partial charge in [0, 0.05) is 5.56 Å². The van der Waals surface area contributed by atoms with Crippen molar-refractivity contribution in [2.75, 3.05) is 13.8 Å². The standard InChI is InChI=1S/C12H15NO3.ClH/c1-3-9(13-2)12(14)8-4-5-10-11(6-8)16-7-15-10;/h4-6,9,13H,3,7H2,1-2H3;1H. The second kappa shape index (κ2) is 5.89. The first kappa shape index (κ1) is 13.8. The van der Waals surface area contributed by atoms with Gasteiger partial charge in [-0.3, -0.25) is 4.79 Å². The van der Waals surface area contributed by atoms with Gasteiger partial charge >= 0.3 is 0 Å². The highest BCUT2D eigenvalue weighted by Crippen LogP contribution is 2.32. The van der Waals surface area contributed by atoms with Gasteiger partial charge in [-0.25, -0.2) is 0 Å². The summed E-state index contributed by atoms with van der Waals surface area (Å²) in [4.78, 5) is 12.0. The van der Waals surface area contributed by atoms with Crippen molar-refractivity contribution in [3.63, 3.8) is 0 Å². The number of nitrogens with one attached hydrogen (secondary N) is 1. The van der Waals surface area contributed by atoms with Gasteiger partial charge in [-0.2, -0.15) is 0 Å². The number of ketones is 1. The number of ether oxygens (including phenoxy) is 2. The van der Waals surface area contributed by atoms with Gasteiger partial charge in [-0.15, -0.1) is 12.4 Å². The third-order valence-corrected chi connectivity index (χ3v) is 2.73. The van der Waals surface area contributed by atoms with Gasteiger partial charge < -0.3 is 14.8 Å². The van der Waals surface area contributed by atoms with Crippen molar-refractivity contribution in [2.24, 2.45) is 0 Å². The monoisotopic (exact) mass is 257 g/mol. The predicted octanol–water partition coefficient (Wildman–Crippen LogP) is 2.02. The topological polar surface area (TPSA) is 47.6 Å². The molecule has 0 aliphatic carbocycles. The van der Waals surface area contributed by atoms with Crippen LogP contribution in [-0.4, -0.2) is 25.7 Å². The fraction of sp³-hybridized carbons (Fsp3) is 0.417. The molecule has 0 fully saturated rings. The minimum absolute atomic E-state index is 0. The lowest BCUT2D eigenvalue weighted by Crippen LogP contribution is -2.33. The molecule has 1 heterocycles. The van der Waals surface area contributed by atoms with Crippen LogP contribution < -0.4 is 14.8 Å². The molecular weight excluding hydrogens is 242 g/mol. The van der Waals surface area contributed by atoms with Gasteiger partial charge in [-0.1, -0.05) is 6.92 Å². The van der Waals surface area contributed by atoms with Crippen molar-refractivity contribution in [1.29, 1.82) is 0 Å². The van der Waals surface area contributed by atoms with E-state index < -0.39 is 0 Å². The molecular formula is C12H16ClNO3. The molecule has 2 rings (SSSR count). The number of rotatable bonds is 4. The average molecular weight is 258 g/mol. The van der Waals surface area contributed by atoms with E-state index in [-0.39, 0.29) is 31.0 Å². The van der Waals surface area contributed by atoms with Crippen molar-refractivity contribution in [2.45, 2.75) is 19.4 Å². The van der Waals surface area contributed by atoms with Crippen LogP contribution in [0, 0.1) is 0 Å². The third kappa shape index (κ3) is 2.70. The lowest BCUT2D eigenvalue weighted by molar-refractivity contribution is 0.0944. The maximum Gasteiger partial charge on any atom is 0.231 e. The maximum atomic E-state index is 12.0. The van der Waals surface area contributed by atoms with E-state index in [4.69, 9.17) is 9.47 Å². The Morgan fingerprint density at radius 3 is 2.76 bits per heavy atom. The van der Waals surface area contributed by atoms with E-state index in [9.17, 15) is 4.79 Å².